The molecule has 0 heterocycles. The van der Waals surface area contributed by atoms with Gasteiger partial charge in [0.25, 0.3) is 5.91 Å². The van der Waals surface area contributed by atoms with Crippen molar-refractivity contribution < 1.29 is 24.5 Å². The van der Waals surface area contributed by atoms with Gasteiger partial charge in [0.15, 0.2) is 11.5 Å². The van der Waals surface area contributed by atoms with Crippen molar-refractivity contribution in [2.24, 2.45) is 5.73 Å². The Labute approximate surface area is 98.6 Å². The summed E-state index contributed by atoms with van der Waals surface area (Å²) in [7, 11) is 0. The predicted octanol–water partition coefficient (Wildman–Crippen LogP) is -0.472. The summed E-state index contributed by atoms with van der Waals surface area (Å²) >= 11 is 0. The Morgan fingerprint density at radius 2 is 1.82 bits per heavy atom. The summed E-state index contributed by atoms with van der Waals surface area (Å²) in [6.45, 7) is -0.232. The number of aliphatic hydroxyl groups excluding tert-OH is 2. The fourth-order valence-corrected chi connectivity index (χ4v) is 1.28. The third-order valence-electron chi connectivity index (χ3n) is 1.93. The second-order valence-corrected chi connectivity index (χ2v) is 3.14. The van der Waals surface area contributed by atoms with Crippen LogP contribution in [0.3, 0.4) is 0 Å². The minimum absolute atomic E-state index is 0.0276. The van der Waals surface area contributed by atoms with Gasteiger partial charge in [-0.25, -0.2) is 0 Å². The van der Waals surface area contributed by atoms with Gasteiger partial charge in [0.2, 0.25) is 0 Å². The molecule has 0 atom stereocenters. The highest BCUT2D eigenvalue weighted by molar-refractivity contribution is 5.96. The molecule has 0 aromatic heterocycles. The van der Waals surface area contributed by atoms with Crippen molar-refractivity contribution in [3.05, 3.63) is 23.8 Å². The number of ether oxygens (including phenoxy) is 2. The molecule has 0 spiro atoms. The molecule has 17 heavy (non-hydrogen) atoms. The highest BCUT2D eigenvalue weighted by Gasteiger charge is 2.14. The van der Waals surface area contributed by atoms with Crippen LogP contribution in [0.4, 0.5) is 0 Å². The number of nitrogens with two attached hydrogens (primary N) is 1. The van der Waals surface area contributed by atoms with E-state index in [1.54, 1.807) is 12.1 Å². The van der Waals surface area contributed by atoms with E-state index in [0.29, 0.717) is 5.75 Å². The molecule has 0 aliphatic carbocycles. The van der Waals surface area contributed by atoms with Crippen molar-refractivity contribution in [2.45, 2.75) is 0 Å². The summed E-state index contributed by atoms with van der Waals surface area (Å²) in [6.07, 6.45) is 0. The first kappa shape index (κ1) is 13.3. The minimum Gasteiger partial charge on any atom is -0.487 e. The van der Waals surface area contributed by atoms with Crippen molar-refractivity contribution in [3.8, 4) is 11.5 Å². The lowest BCUT2D eigenvalue weighted by atomic mass is 10.2. The number of amides is 1. The molecule has 4 N–H and O–H groups in total. The Balaban J connectivity index is 3.00. The van der Waals surface area contributed by atoms with Gasteiger partial charge in [-0.3, -0.25) is 4.79 Å². The SMILES string of the molecule is NC(=O)c1cccc(OCCO)c1OCCO. The van der Waals surface area contributed by atoms with E-state index in [4.69, 9.17) is 25.4 Å². The lowest BCUT2D eigenvalue weighted by Gasteiger charge is -2.14. The fourth-order valence-electron chi connectivity index (χ4n) is 1.28. The quantitative estimate of drug-likeness (QED) is 0.599. The summed E-state index contributed by atoms with van der Waals surface area (Å²) in [4.78, 5) is 11.2. The van der Waals surface area contributed by atoms with E-state index in [1.165, 1.54) is 6.07 Å². The van der Waals surface area contributed by atoms with Gasteiger partial charge in [-0.05, 0) is 12.1 Å². The first-order chi connectivity index (χ1) is 8.20. The molecule has 94 valence electrons. The van der Waals surface area contributed by atoms with Crippen molar-refractivity contribution in [3.63, 3.8) is 0 Å². The van der Waals surface area contributed by atoms with Gasteiger partial charge < -0.3 is 25.4 Å². The van der Waals surface area contributed by atoms with Gasteiger partial charge in [0.05, 0.1) is 18.8 Å². The molecule has 0 aliphatic heterocycles. The summed E-state index contributed by atoms with van der Waals surface area (Å²) in [5.74, 6) is -0.154. The summed E-state index contributed by atoms with van der Waals surface area (Å²) in [5.41, 5.74) is 5.37. The maximum Gasteiger partial charge on any atom is 0.252 e. The number of para-hydroxylation sites is 1. The maximum absolute atomic E-state index is 11.2. The van der Waals surface area contributed by atoms with Crippen molar-refractivity contribution in [2.75, 3.05) is 26.4 Å². The van der Waals surface area contributed by atoms with Crippen LogP contribution in [0, 0.1) is 0 Å². The topological polar surface area (TPSA) is 102 Å². The Bertz CT molecular complexity index is 380. The van der Waals surface area contributed by atoms with Crippen LogP contribution in [0.2, 0.25) is 0 Å². The second kappa shape index (κ2) is 6.72. The van der Waals surface area contributed by atoms with Crippen molar-refractivity contribution in [1.29, 1.82) is 0 Å². The number of hydrogen-bond acceptors (Lipinski definition) is 5. The van der Waals surface area contributed by atoms with Gasteiger partial charge in [-0.15, -0.1) is 0 Å². The fraction of sp³-hybridized carbons (Fsp3) is 0.364. The molecule has 1 rings (SSSR count). The summed E-state index contributed by atoms with van der Waals surface area (Å²) < 4.78 is 10.4. The van der Waals surface area contributed by atoms with E-state index in [1.807, 2.05) is 0 Å². The average Bonchev–Trinajstić information content (AvgIpc) is 2.33. The van der Waals surface area contributed by atoms with Crippen LogP contribution in [0.5, 0.6) is 11.5 Å². The molecule has 0 radical (unpaired) electrons. The molecule has 1 aromatic rings. The van der Waals surface area contributed by atoms with Gasteiger partial charge in [-0.1, -0.05) is 6.07 Å². The largest absolute Gasteiger partial charge is 0.487 e. The molecule has 0 aliphatic rings. The van der Waals surface area contributed by atoms with Crippen molar-refractivity contribution in [1.82, 2.24) is 0 Å². The van der Waals surface area contributed by atoms with E-state index in [0.717, 1.165) is 0 Å². The molecule has 0 saturated heterocycles. The Morgan fingerprint density at radius 1 is 1.18 bits per heavy atom. The van der Waals surface area contributed by atoms with Gasteiger partial charge in [0, 0.05) is 0 Å². The zero-order chi connectivity index (χ0) is 12.7. The number of benzene rings is 1. The van der Waals surface area contributed by atoms with Crippen LogP contribution in [0.15, 0.2) is 18.2 Å². The van der Waals surface area contributed by atoms with Crippen LogP contribution >= 0.6 is 0 Å². The molecule has 1 aromatic carbocycles. The third-order valence-corrected chi connectivity index (χ3v) is 1.93. The zero-order valence-corrected chi connectivity index (χ0v) is 9.26. The van der Waals surface area contributed by atoms with Crippen LogP contribution in [-0.2, 0) is 0 Å². The van der Waals surface area contributed by atoms with E-state index in [9.17, 15) is 4.79 Å². The number of carbonyl (C=O) groups excluding carboxylic acids is 1. The Morgan fingerprint density at radius 3 is 2.41 bits per heavy atom. The molecule has 6 heteroatoms. The predicted molar refractivity (Wildman–Crippen MR) is 60.1 cm³/mol. The van der Waals surface area contributed by atoms with Crippen LogP contribution < -0.4 is 15.2 Å². The molecule has 0 saturated carbocycles. The van der Waals surface area contributed by atoms with E-state index < -0.39 is 5.91 Å². The lowest BCUT2D eigenvalue weighted by Crippen LogP contribution is -2.15. The lowest BCUT2D eigenvalue weighted by molar-refractivity contribution is 0.0993. The second-order valence-electron chi connectivity index (χ2n) is 3.14. The first-order valence-corrected chi connectivity index (χ1v) is 5.10. The number of carbonyl (C=O) groups is 1. The minimum atomic E-state index is -0.646. The monoisotopic (exact) mass is 241 g/mol. The summed E-state index contributed by atoms with van der Waals surface area (Å²) in [5, 5.41) is 17.4. The molecular formula is C11H15NO5. The van der Waals surface area contributed by atoms with Crippen LogP contribution in [0.25, 0.3) is 0 Å². The Kier molecular flexibility index (Phi) is 5.25. The molecule has 0 unspecified atom stereocenters. The molecule has 6 nitrogen and oxygen atoms in total. The highest BCUT2D eigenvalue weighted by atomic mass is 16.5. The van der Waals surface area contributed by atoms with Gasteiger partial charge >= 0.3 is 0 Å². The maximum atomic E-state index is 11.2. The average molecular weight is 241 g/mol. The van der Waals surface area contributed by atoms with Gasteiger partial charge in [-0.2, -0.15) is 0 Å². The number of aliphatic hydroxyl groups is 2. The third kappa shape index (κ3) is 3.61. The van der Waals surface area contributed by atoms with Crippen LogP contribution in [0.1, 0.15) is 10.4 Å². The molecular weight excluding hydrogens is 226 g/mol. The number of primary amides is 1. The van der Waals surface area contributed by atoms with Crippen molar-refractivity contribution >= 4 is 5.91 Å². The standard InChI is InChI=1S/C11H15NO5/c12-11(15)8-2-1-3-9(16-6-4-13)10(8)17-7-5-14/h1-3,13-14H,4-7H2,(H2,12,15). The molecule has 0 fully saturated rings. The number of hydrogen-bond donors (Lipinski definition) is 3. The highest BCUT2D eigenvalue weighted by Crippen LogP contribution is 2.31. The normalized spacial score (nSPS) is 10.0. The van der Waals surface area contributed by atoms with E-state index >= 15 is 0 Å². The van der Waals surface area contributed by atoms with Gasteiger partial charge in [0.1, 0.15) is 13.2 Å². The molecule has 1 amide bonds. The van der Waals surface area contributed by atoms with E-state index in [2.05, 4.69) is 0 Å². The summed E-state index contributed by atoms with van der Waals surface area (Å²) in [6, 6.07) is 4.69. The first-order valence-electron chi connectivity index (χ1n) is 5.10. The smallest absolute Gasteiger partial charge is 0.252 e. The molecule has 0 bridgehead atoms. The number of rotatable bonds is 7. The van der Waals surface area contributed by atoms with E-state index in [-0.39, 0.29) is 37.7 Å². The van der Waals surface area contributed by atoms with Crippen LogP contribution in [-0.4, -0.2) is 42.5 Å². The Hall–Kier alpha value is -1.79. The zero-order valence-electron chi connectivity index (χ0n) is 9.26.